The first kappa shape index (κ1) is 13.7. The van der Waals surface area contributed by atoms with Gasteiger partial charge < -0.3 is 4.74 Å². The molecule has 2 nitrogen and oxygen atoms in total. The Bertz CT molecular complexity index is 419. The summed E-state index contributed by atoms with van der Waals surface area (Å²) in [5.41, 5.74) is 3.06. The predicted octanol–water partition coefficient (Wildman–Crippen LogP) is 3.47. The van der Waals surface area contributed by atoms with Crippen LogP contribution in [0.5, 0.6) is 0 Å². The fourth-order valence-corrected chi connectivity index (χ4v) is 1.50. The van der Waals surface area contributed by atoms with Crippen molar-refractivity contribution in [3.8, 4) is 0 Å². The third kappa shape index (κ3) is 3.82. The zero-order chi connectivity index (χ0) is 12.8. The molecule has 1 aromatic rings. The molecule has 0 aliphatic heterocycles. The molecule has 0 radical (unpaired) electrons. The number of allylic oxidation sites excluding steroid dienone is 1. The molecule has 17 heavy (non-hydrogen) atoms. The van der Waals surface area contributed by atoms with Crippen LogP contribution in [0.25, 0.3) is 0 Å². The van der Waals surface area contributed by atoms with E-state index in [-0.39, 0.29) is 5.78 Å². The molecular formula is C15H20O2. The van der Waals surface area contributed by atoms with Crippen LogP contribution in [-0.4, -0.2) is 18.5 Å². The molecular weight excluding hydrogens is 212 g/mol. The lowest BCUT2D eigenvalue weighted by molar-refractivity contribution is 0.0566. The average molecular weight is 232 g/mol. The van der Waals surface area contributed by atoms with E-state index in [9.17, 15) is 4.79 Å². The van der Waals surface area contributed by atoms with Gasteiger partial charge >= 0.3 is 0 Å². The van der Waals surface area contributed by atoms with Gasteiger partial charge in [0.25, 0.3) is 0 Å². The normalized spacial score (nSPS) is 12.9. The summed E-state index contributed by atoms with van der Waals surface area (Å²) in [6, 6.07) is 5.76. The maximum atomic E-state index is 12.1. The number of carbonyl (C=O) groups is 1. The number of carbonyl (C=O) groups excluding carboxylic acids is 1. The molecule has 0 heterocycles. The first-order valence-electron chi connectivity index (χ1n) is 5.90. The Morgan fingerprint density at radius 1 is 1.35 bits per heavy atom. The number of aryl methyl sites for hydroxylation is 2. The van der Waals surface area contributed by atoms with Gasteiger partial charge in [-0.3, -0.25) is 4.79 Å². The number of Topliss-reactive ketones (excluding diaryl/α,β-unsaturated/α-hetero) is 1. The molecule has 1 aromatic carbocycles. The van der Waals surface area contributed by atoms with Crippen molar-refractivity contribution in [2.45, 2.75) is 33.8 Å². The van der Waals surface area contributed by atoms with E-state index < -0.39 is 6.10 Å². The molecule has 92 valence electrons. The molecule has 0 spiro atoms. The Morgan fingerprint density at radius 3 is 2.65 bits per heavy atom. The summed E-state index contributed by atoms with van der Waals surface area (Å²) in [5.74, 6) is 0.0394. The van der Waals surface area contributed by atoms with Gasteiger partial charge in [-0.15, -0.1) is 0 Å². The van der Waals surface area contributed by atoms with Crippen LogP contribution in [0, 0.1) is 13.8 Å². The van der Waals surface area contributed by atoms with Crippen LogP contribution in [0.2, 0.25) is 0 Å². The van der Waals surface area contributed by atoms with E-state index in [1.54, 1.807) is 6.92 Å². The van der Waals surface area contributed by atoms with Gasteiger partial charge in [0.05, 0.1) is 6.61 Å². The summed E-state index contributed by atoms with van der Waals surface area (Å²) in [7, 11) is 0. The lowest BCUT2D eigenvalue weighted by Gasteiger charge is -2.11. The Labute approximate surface area is 103 Å². The van der Waals surface area contributed by atoms with Crippen LogP contribution in [0.1, 0.15) is 35.3 Å². The van der Waals surface area contributed by atoms with Crippen LogP contribution in [-0.2, 0) is 4.74 Å². The standard InChI is InChI=1S/C15H20O2/c1-5-6-9-17-13(4)15(16)14-8-7-11(2)12(3)10-14/h5-8,10,13H,9H2,1-4H3. The molecule has 0 aromatic heterocycles. The minimum Gasteiger partial charge on any atom is -0.366 e. The molecule has 0 bridgehead atoms. The summed E-state index contributed by atoms with van der Waals surface area (Å²) in [6.45, 7) is 8.25. The Morgan fingerprint density at radius 2 is 2.06 bits per heavy atom. The van der Waals surface area contributed by atoms with Gasteiger partial charge in [0.15, 0.2) is 5.78 Å². The van der Waals surface area contributed by atoms with Crippen LogP contribution < -0.4 is 0 Å². The van der Waals surface area contributed by atoms with Crippen molar-refractivity contribution in [2.24, 2.45) is 0 Å². The van der Waals surface area contributed by atoms with E-state index in [2.05, 4.69) is 0 Å². The van der Waals surface area contributed by atoms with Crippen LogP contribution in [0.15, 0.2) is 30.4 Å². The van der Waals surface area contributed by atoms with E-state index in [1.807, 2.05) is 51.1 Å². The maximum absolute atomic E-state index is 12.1. The average Bonchev–Trinajstić information content (AvgIpc) is 2.32. The molecule has 0 fully saturated rings. The third-order valence-corrected chi connectivity index (χ3v) is 2.84. The highest BCUT2D eigenvalue weighted by Crippen LogP contribution is 2.12. The number of hydrogen-bond donors (Lipinski definition) is 0. The number of ether oxygens (including phenoxy) is 1. The third-order valence-electron chi connectivity index (χ3n) is 2.84. The SMILES string of the molecule is CC=CCOC(C)C(=O)c1ccc(C)c(C)c1. The summed E-state index contributed by atoms with van der Waals surface area (Å²) >= 11 is 0. The quantitative estimate of drug-likeness (QED) is 0.574. The fraction of sp³-hybridized carbons (Fsp3) is 0.400. The summed E-state index contributed by atoms with van der Waals surface area (Å²) < 4.78 is 5.43. The molecule has 1 unspecified atom stereocenters. The molecule has 1 rings (SSSR count). The smallest absolute Gasteiger partial charge is 0.191 e. The molecule has 1 atom stereocenters. The van der Waals surface area contributed by atoms with Crippen molar-refractivity contribution in [2.75, 3.05) is 6.61 Å². The lowest BCUT2D eigenvalue weighted by atomic mass is 10.0. The Balaban J connectivity index is 2.71. The number of rotatable bonds is 5. The molecule has 0 aliphatic rings. The van der Waals surface area contributed by atoms with Crippen molar-refractivity contribution < 1.29 is 9.53 Å². The second-order valence-electron chi connectivity index (χ2n) is 4.21. The molecule has 2 heteroatoms. The second-order valence-corrected chi connectivity index (χ2v) is 4.21. The maximum Gasteiger partial charge on any atom is 0.191 e. The van der Waals surface area contributed by atoms with Crippen molar-refractivity contribution >= 4 is 5.78 Å². The summed E-state index contributed by atoms with van der Waals surface area (Å²) in [5, 5.41) is 0. The Kier molecular flexibility index (Phi) is 5.11. The van der Waals surface area contributed by atoms with Crippen LogP contribution in [0.3, 0.4) is 0 Å². The minimum atomic E-state index is -0.395. The van der Waals surface area contributed by atoms with E-state index in [0.29, 0.717) is 6.61 Å². The van der Waals surface area contributed by atoms with E-state index >= 15 is 0 Å². The van der Waals surface area contributed by atoms with Gasteiger partial charge in [0.1, 0.15) is 6.10 Å². The van der Waals surface area contributed by atoms with Crippen molar-refractivity contribution in [1.82, 2.24) is 0 Å². The molecule has 0 saturated carbocycles. The Hall–Kier alpha value is -1.41. The van der Waals surface area contributed by atoms with Gasteiger partial charge in [-0.25, -0.2) is 0 Å². The van der Waals surface area contributed by atoms with Gasteiger partial charge in [-0.1, -0.05) is 24.3 Å². The van der Waals surface area contributed by atoms with Gasteiger partial charge in [-0.2, -0.15) is 0 Å². The fourth-order valence-electron chi connectivity index (χ4n) is 1.50. The monoisotopic (exact) mass is 232 g/mol. The highest BCUT2D eigenvalue weighted by molar-refractivity contribution is 5.99. The summed E-state index contributed by atoms with van der Waals surface area (Å²) in [4.78, 5) is 12.1. The van der Waals surface area contributed by atoms with E-state index in [0.717, 1.165) is 11.1 Å². The molecule has 0 aliphatic carbocycles. The van der Waals surface area contributed by atoms with E-state index in [1.165, 1.54) is 5.56 Å². The molecule has 0 amide bonds. The predicted molar refractivity (Wildman–Crippen MR) is 70.5 cm³/mol. The molecule has 0 N–H and O–H groups in total. The van der Waals surface area contributed by atoms with Gasteiger partial charge in [0, 0.05) is 5.56 Å². The van der Waals surface area contributed by atoms with Gasteiger partial charge in [0.2, 0.25) is 0 Å². The minimum absolute atomic E-state index is 0.0394. The van der Waals surface area contributed by atoms with Crippen LogP contribution in [0.4, 0.5) is 0 Å². The zero-order valence-electron chi connectivity index (χ0n) is 11.0. The van der Waals surface area contributed by atoms with Crippen molar-refractivity contribution in [1.29, 1.82) is 0 Å². The highest BCUT2D eigenvalue weighted by atomic mass is 16.5. The van der Waals surface area contributed by atoms with E-state index in [4.69, 9.17) is 4.74 Å². The summed E-state index contributed by atoms with van der Waals surface area (Å²) in [6.07, 6.45) is 3.41. The van der Waals surface area contributed by atoms with Crippen LogP contribution >= 0.6 is 0 Å². The lowest BCUT2D eigenvalue weighted by Crippen LogP contribution is -2.21. The first-order valence-corrected chi connectivity index (χ1v) is 5.90. The largest absolute Gasteiger partial charge is 0.366 e. The first-order chi connectivity index (χ1) is 8.06. The number of benzene rings is 1. The molecule has 0 saturated heterocycles. The highest BCUT2D eigenvalue weighted by Gasteiger charge is 2.15. The van der Waals surface area contributed by atoms with Crippen molar-refractivity contribution in [3.63, 3.8) is 0 Å². The second kappa shape index (κ2) is 6.36. The zero-order valence-corrected chi connectivity index (χ0v) is 11.0. The van der Waals surface area contributed by atoms with Crippen molar-refractivity contribution in [3.05, 3.63) is 47.0 Å². The number of hydrogen-bond acceptors (Lipinski definition) is 2. The number of ketones is 1. The van der Waals surface area contributed by atoms with Gasteiger partial charge in [-0.05, 0) is 44.9 Å². The topological polar surface area (TPSA) is 26.3 Å².